The van der Waals surface area contributed by atoms with Crippen molar-refractivity contribution >= 4 is 27.5 Å². The Balaban J connectivity index is 1.69. The number of hydrogen-bond donors (Lipinski definition) is 0. The maximum atomic E-state index is 12.9. The Morgan fingerprint density at radius 1 is 1.12 bits per heavy atom. The lowest BCUT2D eigenvalue weighted by Crippen LogP contribution is -2.35. The summed E-state index contributed by atoms with van der Waals surface area (Å²) in [7, 11) is -2.28. The van der Waals surface area contributed by atoms with Gasteiger partial charge in [0.05, 0.1) is 21.8 Å². The lowest BCUT2D eigenvalue weighted by molar-refractivity contribution is -0.388. The molecule has 32 heavy (non-hydrogen) atoms. The number of tetrazole rings is 1. The van der Waals surface area contributed by atoms with Crippen LogP contribution in [-0.2, 0) is 10.0 Å². The smallest absolute Gasteiger partial charge is 0.284 e. The van der Waals surface area contributed by atoms with Crippen molar-refractivity contribution in [3.63, 3.8) is 0 Å². The Morgan fingerprint density at radius 2 is 1.88 bits per heavy atom. The van der Waals surface area contributed by atoms with Crippen molar-refractivity contribution in [1.29, 1.82) is 0 Å². The molecule has 2 heterocycles. The van der Waals surface area contributed by atoms with E-state index >= 15 is 0 Å². The van der Waals surface area contributed by atoms with Gasteiger partial charge in [0, 0.05) is 19.2 Å². The van der Waals surface area contributed by atoms with Crippen molar-refractivity contribution in [2.24, 2.45) is 0 Å². The highest BCUT2D eigenvalue weighted by atomic mass is 32.2. The molecule has 0 radical (unpaired) electrons. The molecule has 0 saturated carbocycles. The standard InChI is InChI=1S/C19H20N6O5S2/c1-30-17-8-4-3-7-15(17)24-19(20-21-22-24)31-18-10-9-14(13-16(18)25(26)27)32(28,29)23-11-5-2-6-12-23/h3-4,7-10,13H,2,5-6,11-12H2,1H3. The molecular weight excluding hydrogens is 456 g/mol. The van der Waals surface area contributed by atoms with Gasteiger partial charge in [0.1, 0.15) is 11.4 Å². The first-order valence-corrected chi connectivity index (χ1v) is 12.1. The second-order valence-corrected chi connectivity index (χ2v) is 9.95. The van der Waals surface area contributed by atoms with E-state index in [0.717, 1.165) is 37.1 Å². The first kappa shape index (κ1) is 22.2. The van der Waals surface area contributed by atoms with E-state index in [2.05, 4.69) is 15.5 Å². The van der Waals surface area contributed by atoms with Crippen LogP contribution >= 0.6 is 11.8 Å². The molecule has 0 atom stereocenters. The zero-order valence-corrected chi connectivity index (χ0v) is 18.8. The largest absolute Gasteiger partial charge is 0.494 e. The Labute approximate surface area is 188 Å². The Kier molecular flexibility index (Phi) is 6.39. The average molecular weight is 477 g/mol. The number of nitro groups is 1. The summed E-state index contributed by atoms with van der Waals surface area (Å²) in [6.07, 6.45) is 2.53. The monoisotopic (exact) mass is 476 g/mol. The van der Waals surface area contributed by atoms with Gasteiger partial charge in [0.15, 0.2) is 0 Å². The molecule has 1 fully saturated rings. The fraction of sp³-hybridized carbons (Fsp3) is 0.316. The lowest BCUT2D eigenvalue weighted by Gasteiger charge is -2.25. The normalized spacial score (nSPS) is 14.9. The van der Waals surface area contributed by atoms with Crippen molar-refractivity contribution in [3.8, 4) is 11.4 Å². The molecule has 1 saturated heterocycles. The first-order valence-electron chi connectivity index (χ1n) is 9.80. The highest BCUT2D eigenvalue weighted by Crippen LogP contribution is 2.37. The molecule has 4 rings (SSSR count). The van der Waals surface area contributed by atoms with E-state index in [9.17, 15) is 18.5 Å². The highest BCUT2D eigenvalue weighted by molar-refractivity contribution is 7.99. The molecule has 1 aliphatic heterocycles. The third kappa shape index (κ3) is 4.31. The van der Waals surface area contributed by atoms with E-state index < -0.39 is 14.9 Å². The number of para-hydroxylation sites is 2. The average Bonchev–Trinajstić information content (AvgIpc) is 3.27. The van der Waals surface area contributed by atoms with Crippen molar-refractivity contribution < 1.29 is 18.1 Å². The van der Waals surface area contributed by atoms with Crippen LogP contribution in [0.2, 0.25) is 0 Å². The fourth-order valence-corrected chi connectivity index (χ4v) is 5.84. The number of rotatable bonds is 7. The minimum Gasteiger partial charge on any atom is -0.494 e. The fourth-order valence-electron chi connectivity index (χ4n) is 3.44. The van der Waals surface area contributed by atoms with E-state index in [4.69, 9.17) is 4.74 Å². The van der Waals surface area contributed by atoms with Gasteiger partial charge in [-0.05, 0) is 59.3 Å². The second-order valence-electron chi connectivity index (χ2n) is 7.00. The molecule has 11 nitrogen and oxygen atoms in total. The van der Waals surface area contributed by atoms with Gasteiger partial charge in [0.2, 0.25) is 15.2 Å². The number of piperidine rings is 1. The first-order chi connectivity index (χ1) is 15.4. The quantitative estimate of drug-likeness (QED) is 0.373. The Hall–Kier alpha value is -3.03. The number of methoxy groups -OCH3 is 1. The molecule has 0 unspecified atom stereocenters. The minimum atomic E-state index is -3.80. The summed E-state index contributed by atoms with van der Waals surface area (Å²) in [6.45, 7) is 0.834. The van der Waals surface area contributed by atoms with Crippen LogP contribution in [0.5, 0.6) is 5.75 Å². The molecule has 1 aromatic heterocycles. The zero-order valence-electron chi connectivity index (χ0n) is 17.1. The number of nitrogens with zero attached hydrogens (tertiary/aromatic N) is 6. The van der Waals surface area contributed by atoms with Gasteiger partial charge in [-0.3, -0.25) is 10.1 Å². The summed E-state index contributed by atoms with van der Waals surface area (Å²) in [4.78, 5) is 11.3. The topological polar surface area (TPSA) is 133 Å². The van der Waals surface area contributed by atoms with Gasteiger partial charge >= 0.3 is 0 Å². The van der Waals surface area contributed by atoms with E-state index in [-0.39, 0.29) is 20.6 Å². The second kappa shape index (κ2) is 9.22. The molecule has 0 bridgehead atoms. The van der Waals surface area contributed by atoms with E-state index in [1.807, 2.05) is 0 Å². The predicted molar refractivity (Wildman–Crippen MR) is 116 cm³/mol. The minimum absolute atomic E-state index is 0.0974. The molecule has 0 N–H and O–H groups in total. The van der Waals surface area contributed by atoms with E-state index in [0.29, 0.717) is 24.5 Å². The van der Waals surface area contributed by atoms with Crippen molar-refractivity contribution in [1.82, 2.24) is 24.5 Å². The third-order valence-corrected chi connectivity index (χ3v) is 7.93. The maximum Gasteiger partial charge on any atom is 0.284 e. The Bertz CT molecular complexity index is 1240. The number of sulfonamides is 1. The van der Waals surface area contributed by atoms with Crippen LogP contribution in [0.1, 0.15) is 19.3 Å². The van der Waals surface area contributed by atoms with E-state index in [1.165, 1.54) is 28.2 Å². The third-order valence-electron chi connectivity index (χ3n) is 5.04. The van der Waals surface area contributed by atoms with Crippen molar-refractivity contribution in [2.45, 2.75) is 34.2 Å². The van der Waals surface area contributed by atoms with Crippen molar-refractivity contribution in [3.05, 3.63) is 52.6 Å². The van der Waals surface area contributed by atoms with Gasteiger partial charge < -0.3 is 4.74 Å². The van der Waals surface area contributed by atoms with Crippen LogP contribution in [0.15, 0.2) is 57.4 Å². The number of hydrogen-bond acceptors (Lipinski definition) is 9. The van der Waals surface area contributed by atoms with Gasteiger partial charge in [0.25, 0.3) is 5.69 Å². The Morgan fingerprint density at radius 3 is 2.59 bits per heavy atom. The molecule has 0 spiro atoms. The summed E-state index contributed by atoms with van der Waals surface area (Å²) >= 11 is 0.966. The number of nitro benzene ring substituents is 1. The molecular formula is C19H20N6O5S2. The maximum absolute atomic E-state index is 12.9. The van der Waals surface area contributed by atoms with Crippen LogP contribution in [0.3, 0.4) is 0 Å². The molecule has 0 aliphatic carbocycles. The van der Waals surface area contributed by atoms with Crippen LogP contribution in [-0.4, -0.2) is 58.1 Å². The molecule has 13 heteroatoms. The van der Waals surface area contributed by atoms with Crippen LogP contribution in [0.25, 0.3) is 5.69 Å². The summed E-state index contributed by atoms with van der Waals surface area (Å²) in [5, 5.41) is 23.6. The summed E-state index contributed by atoms with van der Waals surface area (Å²) in [5.74, 6) is 0.527. The van der Waals surface area contributed by atoms with Crippen LogP contribution in [0.4, 0.5) is 5.69 Å². The number of aromatic nitrogens is 4. The molecule has 0 amide bonds. The molecule has 2 aromatic carbocycles. The predicted octanol–water partition coefficient (Wildman–Crippen LogP) is 2.90. The van der Waals surface area contributed by atoms with Gasteiger partial charge in [-0.25, -0.2) is 8.42 Å². The van der Waals surface area contributed by atoms with Crippen molar-refractivity contribution in [2.75, 3.05) is 20.2 Å². The number of ether oxygens (including phenoxy) is 1. The summed E-state index contributed by atoms with van der Waals surface area (Å²) in [5.41, 5.74) is 0.233. The van der Waals surface area contributed by atoms with Gasteiger partial charge in [-0.1, -0.05) is 18.6 Å². The van der Waals surface area contributed by atoms with Crippen LogP contribution in [0, 0.1) is 10.1 Å². The summed E-state index contributed by atoms with van der Waals surface area (Å²) in [6, 6.07) is 11.0. The van der Waals surface area contributed by atoms with Crippen LogP contribution < -0.4 is 4.74 Å². The molecule has 3 aromatic rings. The van der Waals surface area contributed by atoms with E-state index in [1.54, 1.807) is 24.3 Å². The highest BCUT2D eigenvalue weighted by Gasteiger charge is 2.29. The summed E-state index contributed by atoms with van der Waals surface area (Å²) < 4.78 is 34.0. The SMILES string of the molecule is COc1ccccc1-n1nnnc1Sc1ccc(S(=O)(=O)N2CCCCC2)cc1[N+](=O)[O-]. The van der Waals surface area contributed by atoms with Gasteiger partial charge in [-0.15, -0.1) is 5.10 Å². The molecule has 1 aliphatic rings. The lowest BCUT2D eigenvalue weighted by atomic mass is 10.2. The number of benzene rings is 2. The zero-order chi connectivity index (χ0) is 22.7. The molecule has 168 valence electrons. The van der Waals surface area contributed by atoms with Gasteiger partial charge in [-0.2, -0.15) is 8.99 Å².